The smallest absolute Gasteiger partial charge is 0.467 e. The van der Waals surface area contributed by atoms with Gasteiger partial charge in [0.15, 0.2) is 11.5 Å². The van der Waals surface area contributed by atoms with Gasteiger partial charge in [0.05, 0.1) is 12.7 Å². The van der Waals surface area contributed by atoms with Crippen molar-refractivity contribution in [1.29, 1.82) is 0 Å². The topological polar surface area (TPSA) is 120 Å². The fourth-order valence-electron chi connectivity index (χ4n) is 4.23. The summed E-state index contributed by atoms with van der Waals surface area (Å²) in [7, 11) is 1.16. The number of benzene rings is 3. The maximum atomic E-state index is 13.6. The van der Waals surface area contributed by atoms with Crippen LogP contribution in [0.15, 0.2) is 87.8 Å². The Labute approximate surface area is 266 Å². The number of esters is 1. The molecule has 2 aromatic heterocycles. The molecule has 0 aliphatic carbocycles. The first-order valence-corrected chi connectivity index (χ1v) is 14.7. The lowest BCUT2D eigenvalue weighted by atomic mass is 10.1. The largest absolute Gasteiger partial charge is 0.471 e. The number of alkyl halides is 6. The van der Waals surface area contributed by atoms with E-state index < -0.39 is 41.7 Å². The van der Waals surface area contributed by atoms with Crippen molar-refractivity contribution in [3.63, 3.8) is 0 Å². The standard InChI is InChI=1S/C31H22F6N4O5S/c1-44-28(43)22(16-47-15-17-5-3-2-4-6-17)38-26(42)23-24(45-27(39-23)20-11-13-21(14-12-20)30(32,33)34)18-7-9-19(10-8-18)25-40-29(46-41-25)31(35,36)37/h2-14,22H,15-16H2,1H3,(H,38,42)/t22-/m0/s1. The van der Waals surface area contributed by atoms with Gasteiger partial charge in [-0.25, -0.2) is 9.78 Å². The van der Waals surface area contributed by atoms with Crippen LogP contribution >= 0.6 is 11.8 Å². The number of hydrogen-bond acceptors (Lipinski definition) is 9. The number of thioether (sulfide) groups is 1. The van der Waals surface area contributed by atoms with Crippen LogP contribution in [-0.4, -0.2) is 45.9 Å². The van der Waals surface area contributed by atoms with E-state index >= 15 is 0 Å². The molecule has 0 unspecified atom stereocenters. The van der Waals surface area contributed by atoms with Gasteiger partial charge in [0.1, 0.15) is 6.04 Å². The zero-order valence-corrected chi connectivity index (χ0v) is 24.9. The van der Waals surface area contributed by atoms with Crippen molar-refractivity contribution in [2.45, 2.75) is 24.1 Å². The van der Waals surface area contributed by atoms with Crippen molar-refractivity contribution in [2.24, 2.45) is 0 Å². The Bertz CT molecular complexity index is 1840. The van der Waals surface area contributed by atoms with Gasteiger partial charge in [-0.05, 0) is 29.8 Å². The van der Waals surface area contributed by atoms with Gasteiger partial charge < -0.3 is 19.0 Å². The lowest BCUT2D eigenvalue weighted by Gasteiger charge is -2.16. The molecular formula is C31H22F6N4O5S. The number of ether oxygens (including phenoxy) is 1. The van der Waals surface area contributed by atoms with E-state index in [0.717, 1.165) is 36.9 Å². The molecule has 0 aliphatic heterocycles. The van der Waals surface area contributed by atoms with Gasteiger partial charge in [0.2, 0.25) is 11.7 Å². The quantitative estimate of drug-likeness (QED) is 0.120. The molecule has 16 heteroatoms. The van der Waals surface area contributed by atoms with Gasteiger partial charge in [-0.2, -0.15) is 43.1 Å². The van der Waals surface area contributed by atoms with Gasteiger partial charge in [-0.1, -0.05) is 59.8 Å². The maximum Gasteiger partial charge on any atom is 0.471 e. The predicted octanol–water partition coefficient (Wildman–Crippen LogP) is 7.30. The number of halogens is 6. The monoisotopic (exact) mass is 676 g/mol. The first-order chi connectivity index (χ1) is 22.3. The second-order valence-electron chi connectivity index (χ2n) is 9.82. The number of methoxy groups -OCH3 is 1. The van der Waals surface area contributed by atoms with Crippen molar-refractivity contribution in [2.75, 3.05) is 12.9 Å². The van der Waals surface area contributed by atoms with Crippen molar-refractivity contribution in [3.05, 3.63) is 102 Å². The van der Waals surface area contributed by atoms with Gasteiger partial charge >= 0.3 is 24.2 Å². The van der Waals surface area contributed by atoms with Crippen LogP contribution in [-0.2, 0) is 27.6 Å². The predicted molar refractivity (Wildman–Crippen MR) is 157 cm³/mol. The van der Waals surface area contributed by atoms with E-state index in [1.165, 1.54) is 36.0 Å². The molecule has 3 aromatic carbocycles. The third kappa shape index (κ3) is 8.00. The third-order valence-corrected chi connectivity index (χ3v) is 7.67. The minimum absolute atomic E-state index is 0.115. The molecule has 0 aliphatic rings. The Balaban J connectivity index is 1.45. The summed E-state index contributed by atoms with van der Waals surface area (Å²) in [4.78, 5) is 33.7. The zero-order valence-electron chi connectivity index (χ0n) is 24.1. The highest BCUT2D eigenvalue weighted by molar-refractivity contribution is 7.98. The summed E-state index contributed by atoms with van der Waals surface area (Å²) in [6.07, 6.45) is -9.43. The average Bonchev–Trinajstić information content (AvgIpc) is 3.73. The summed E-state index contributed by atoms with van der Waals surface area (Å²) < 4.78 is 93.1. The molecule has 0 bridgehead atoms. The van der Waals surface area contributed by atoms with Crippen LogP contribution in [0, 0.1) is 0 Å². The second kappa shape index (κ2) is 13.7. The van der Waals surface area contributed by atoms with Crippen LogP contribution in [0.3, 0.4) is 0 Å². The molecule has 1 amide bonds. The molecule has 5 aromatic rings. The number of hydrogen-bond donors (Lipinski definition) is 1. The molecule has 1 N–H and O–H groups in total. The van der Waals surface area contributed by atoms with Gasteiger partial charge in [-0.15, -0.1) is 0 Å². The van der Waals surface area contributed by atoms with E-state index in [0.29, 0.717) is 5.75 Å². The van der Waals surface area contributed by atoms with Crippen LogP contribution in [0.5, 0.6) is 0 Å². The number of rotatable bonds is 10. The Morgan fingerprint density at radius 3 is 2.09 bits per heavy atom. The molecule has 1 atom stereocenters. The summed E-state index contributed by atoms with van der Waals surface area (Å²) in [6, 6.07) is 17.7. The number of amides is 1. The molecule has 0 saturated carbocycles. The second-order valence-corrected chi connectivity index (χ2v) is 10.9. The first-order valence-electron chi connectivity index (χ1n) is 13.5. The molecule has 47 heavy (non-hydrogen) atoms. The normalized spacial score (nSPS) is 12.5. The maximum absolute atomic E-state index is 13.6. The number of oxazole rings is 1. The number of carbonyl (C=O) groups excluding carboxylic acids is 2. The molecule has 5 rings (SSSR count). The Hall–Kier alpha value is -5.12. The zero-order chi connectivity index (χ0) is 33.8. The van der Waals surface area contributed by atoms with Gasteiger partial charge in [-0.3, -0.25) is 4.79 Å². The summed E-state index contributed by atoms with van der Waals surface area (Å²) in [5.74, 6) is -3.13. The highest BCUT2D eigenvalue weighted by Crippen LogP contribution is 2.35. The van der Waals surface area contributed by atoms with E-state index in [-0.39, 0.29) is 45.6 Å². The minimum Gasteiger partial charge on any atom is -0.467 e. The fourth-order valence-corrected chi connectivity index (χ4v) is 5.23. The van der Waals surface area contributed by atoms with E-state index in [1.54, 1.807) is 0 Å². The van der Waals surface area contributed by atoms with Crippen LogP contribution in [0.1, 0.15) is 27.5 Å². The van der Waals surface area contributed by atoms with Crippen LogP contribution in [0.2, 0.25) is 0 Å². The van der Waals surface area contributed by atoms with Gasteiger partial charge in [0, 0.05) is 28.2 Å². The molecule has 244 valence electrons. The first kappa shape index (κ1) is 33.2. The lowest BCUT2D eigenvalue weighted by Crippen LogP contribution is -2.43. The molecule has 0 saturated heterocycles. The summed E-state index contributed by atoms with van der Waals surface area (Å²) in [5, 5.41) is 5.92. The average molecular weight is 677 g/mol. The highest BCUT2D eigenvalue weighted by atomic mass is 32.2. The van der Waals surface area contributed by atoms with Crippen molar-refractivity contribution >= 4 is 23.6 Å². The molecule has 0 radical (unpaired) electrons. The SMILES string of the molecule is COC(=O)[C@H](CSCc1ccccc1)NC(=O)c1nc(-c2ccc(C(F)(F)F)cc2)oc1-c1ccc(-c2noc(C(F)(F)F)n2)cc1. The van der Waals surface area contributed by atoms with Crippen LogP contribution in [0.25, 0.3) is 34.2 Å². The Kier molecular flexibility index (Phi) is 9.69. The summed E-state index contributed by atoms with van der Waals surface area (Å²) in [5.41, 5.74) is 0.245. The number of nitrogens with zero attached hydrogens (tertiary/aromatic N) is 3. The molecule has 2 heterocycles. The number of carbonyl (C=O) groups is 2. The van der Waals surface area contributed by atoms with Crippen molar-refractivity contribution < 1.29 is 49.6 Å². The summed E-state index contributed by atoms with van der Waals surface area (Å²) in [6.45, 7) is 0. The van der Waals surface area contributed by atoms with E-state index in [2.05, 4.69) is 25.0 Å². The summed E-state index contributed by atoms with van der Waals surface area (Å²) >= 11 is 1.36. The number of aromatic nitrogens is 3. The minimum atomic E-state index is -4.84. The fraction of sp³-hybridized carbons (Fsp3) is 0.194. The van der Waals surface area contributed by atoms with Crippen LogP contribution < -0.4 is 5.32 Å². The molecular weight excluding hydrogens is 654 g/mol. The lowest BCUT2D eigenvalue weighted by molar-refractivity contribution is -0.159. The Morgan fingerprint density at radius 1 is 0.851 bits per heavy atom. The van der Waals surface area contributed by atoms with Crippen molar-refractivity contribution in [1.82, 2.24) is 20.4 Å². The molecule has 9 nitrogen and oxygen atoms in total. The van der Waals surface area contributed by atoms with Crippen molar-refractivity contribution in [3.8, 4) is 34.2 Å². The van der Waals surface area contributed by atoms with Gasteiger partial charge in [0.25, 0.3) is 5.91 Å². The Morgan fingerprint density at radius 2 is 1.49 bits per heavy atom. The van der Waals surface area contributed by atoms with E-state index in [4.69, 9.17) is 9.15 Å². The number of nitrogens with one attached hydrogen (secondary N) is 1. The third-order valence-electron chi connectivity index (χ3n) is 6.56. The van der Waals surface area contributed by atoms with E-state index in [1.807, 2.05) is 30.3 Å². The van der Waals surface area contributed by atoms with Crippen LogP contribution in [0.4, 0.5) is 26.3 Å². The molecule has 0 fully saturated rings. The highest BCUT2D eigenvalue weighted by Gasteiger charge is 2.38. The molecule has 0 spiro atoms. The van der Waals surface area contributed by atoms with E-state index in [9.17, 15) is 35.9 Å².